The Labute approximate surface area is 130 Å². The van der Waals surface area contributed by atoms with E-state index in [0.29, 0.717) is 11.3 Å². The van der Waals surface area contributed by atoms with Crippen molar-refractivity contribution < 1.29 is 22.8 Å². The van der Waals surface area contributed by atoms with Crippen LogP contribution in [0, 0.1) is 0 Å². The molecule has 3 nitrogen and oxygen atoms in total. The summed E-state index contributed by atoms with van der Waals surface area (Å²) in [4.78, 5) is 0. The van der Waals surface area contributed by atoms with Gasteiger partial charge in [-0.15, -0.1) is 0 Å². The van der Waals surface area contributed by atoms with Crippen molar-refractivity contribution in [2.45, 2.75) is 45.2 Å². The van der Waals surface area contributed by atoms with Gasteiger partial charge in [-0.2, -0.15) is 8.78 Å². The van der Waals surface area contributed by atoms with Crippen molar-refractivity contribution in [1.82, 2.24) is 0 Å². The predicted octanol–water partition coefficient (Wildman–Crippen LogP) is 4.40. The topological polar surface area (TPSA) is 27.7 Å². The number of halogens is 2. The minimum atomic E-state index is -1.73. The number of rotatable bonds is 4. The molecule has 0 spiro atoms. The quantitative estimate of drug-likeness (QED) is 0.772. The Bertz CT molecular complexity index is 565. The second kappa shape index (κ2) is 6.01. The fraction of sp³-hybridized carbons (Fsp3) is 0.500. The maximum atomic E-state index is 13.4. The van der Waals surface area contributed by atoms with Crippen molar-refractivity contribution in [2.24, 2.45) is 0 Å². The number of benzene rings is 1. The van der Waals surface area contributed by atoms with Crippen molar-refractivity contribution in [3.63, 3.8) is 0 Å². The Kier molecular flexibility index (Phi) is 4.63. The van der Waals surface area contributed by atoms with Crippen LogP contribution in [0.1, 0.15) is 33.3 Å². The number of hydrogen-bond donors (Lipinski definition) is 0. The molecule has 0 unspecified atom stereocenters. The van der Waals surface area contributed by atoms with E-state index in [-0.39, 0.29) is 11.9 Å². The fourth-order valence-corrected chi connectivity index (χ4v) is 2.33. The van der Waals surface area contributed by atoms with E-state index in [0.717, 1.165) is 0 Å². The maximum absolute atomic E-state index is 13.4. The Hall–Kier alpha value is -1.40. The molecule has 0 N–H and O–H groups in total. The van der Waals surface area contributed by atoms with Gasteiger partial charge in [-0.3, -0.25) is 0 Å². The van der Waals surface area contributed by atoms with E-state index < -0.39 is 24.4 Å². The summed E-state index contributed by atoms with van der Waals surface area (Å²) in [6.07, 6.45) is -1.74. The van der Waals surface area contributed by atoms with Crippen LogP contribution in [0.5, 0.6) is 5.75 Å². The minimum Gasteiger partial charge on any atom is -0.497 e. The highest BCUT2D eigenvalue weighted by Crippen LogP contribution is 2.40. The van der Waals surface area contributed by atoms with Gasteiger partial charge in [0.1, 0.15) is 5.75 Å². The molecule has 0 atom stereocenters. The fourth-order valence-electron chi connectivity index (χ4n) is 2.33. The maximum Gasteiger partial charge on any atom is 0.462 e. The van der Waals surface area contributed by atoms with E-state index >= 15 is 0 Å². The van der Waals surface area contributed by atoms with Gasteiger partial charge in [0.25, 0.3) is 6.08 Å². The summed E-state index contributed by atoms with van der Waals surface area (Å²) >= 11 is 0. The lowest BCUT2D eigenvalue weighted by molar-refractivity contribution is 0.00578. The van der Waals surface area contributed by atoms with Crippen molar-refractivity contribution in [3.05, 3.63) is 35.9 Å². The molecule has 1 aliphatic heterocycles. The molecule has 1 aromatic rings. The second-order valence-electron chi connectivity index (χ2n) is 6.36. The van der Waals surface area contributed by atoms with Crippen LogP contribution in [0.15, 0.2) is 30.3 Å². The summed E-state index contributed by atoms with van der Waals surface area (Å²) in [5.74, 6) is 0.533. The van der Waals surface area contributed by atoms with Crippen molar-refractivity contribution in [2.75, 3.05) is 7.11 Å². The third-order valence-electron chi connectivity index (χ3n) is 4.32. The normalized spacial score (nSPS) is 19.1. The molecule has 1 saturated heterocycles. The van der Waals surface area contributed by atoms with Gasteiger partial charge >= 0.3 is 7.12 Å². The van der Waals surface area contributed by atoms with Gasteiger partial charge in [-0.05, 0) is 45.4 Å². The Morgan fingerprint density at radius 1 is 1.14 bits per heavy atom. The van der Waals surface area contributed by atoms with Crippen LogP contribution in [0.25, 0.3) is 5.57 Å². The lowest BCUT2D eigenvalue weighted by atomic mass is 9.78. The highest BCUT2D eigenvalue weighted by atomic mass is 19.3. The molecule has 6 heteroatoms. The molecule has 0 saturated carbocycles. The molecule has 0 radical (unpaired) electrons. The summed E-state index contributed by atoms with van der Waals surface area (Å²) in [5, 5.41) is 0. The lowest BCUT2D eigenvalue weighted by Gasteiger charge is -2.32. The van der Waals surface area contributed by atoms with E-state index in [2.05, 4.69) is 0 Å². The molecule has 1 fully saturated rings. The monoisotopic (exact) mass is 310 g/mol. The van der Waals surface area contributed by atoms with Gasteiger partial charge in [0.05, 0.1) is 18.3 Å². The van der Waals surface area contributed by atoms with Gasteiger partial charge in [-0.25, -0.2) is 0 Å². The Morgan fingerprint density at radius 2 is 1.73 bits per heavy atom. The first-order valence-corrected chi connectivity index (χ1v) is 7.20. The molecule has 0 aromatic heterocycles. The molecule has 1 aromatic carbocycles. The van der Waals surface area contributed by atoms with Crippen molar-refractivity contribution >= 4 is 12.7 Å². The van der Waals surface area contributed by atoms with Gasteiger partial charge in [0.2, 0.25) is 0 Å². The van der Waals surface area contributed by atoms with Gasteiger partial charge < -0.3 is 14.0 Å². The average Bonchev–Trinajstić information content (AvgIpc) is 2.63. The number of methoxy groups -OCH3 is 1. The molecule has 1 aliphatic rings. The molecule has 2 rings (SSSR count). The Morgan fingerprint density at radius 3 is 2.23 bits per heavy atom. The molecule has 1 heterocycles. The number of allylic oxidation sites excluding steroid dienone is 1. The third kappa shape index (κ3) is 3.33. The van der Waals surface area contributed by atoms with Crippen LogP contribution in [0.2, 0.25) is 6.32 Å². The van der Waals surface area contributed by atoms with E-state index in [1.165, 1.54) is 7.11 Å². The summed E-state index contributed by atoms with van der Waals surface area (Å²) < 4.78 is 43.5. The molecule has 0 amide bonds. The predicted molar refractivity (Wildman–Crippen MR) is 83.0 cm³/mol. The molecule has 0 bridgehead atoms. The third-order valence-corrected chi connectivity index (χ3v) is 4.32. The number of hydrogen-bond acceptors (Lipinski definition) is 3. The first kappa shape index (κ1) is 17.0. The molecule has 0 aliphatic carbocycles. The van der Waals surface area contributed by atoms with Gasteiger partial charge in [-0.1, -0.05) is 12.1 Å². The highest BCUT2D eigenvalue weighted by molar-refractivity contribution is 6.48. The standard InChI is InChI=1S/C16H21BF2O3/c1-15(2)16(3,4)22-17(21-15)10-13(14(18)19)11-7-6-8-12(9-11)20-5/h6-9H,10H2,1-5H3. The lowest BCUT2D eigenvalue weighted by Crippen LogP contribution is -2.41. The molecular weight excluding hydrogens is 289 g/mol. The van der Waals surface area contributed by atoms with Crippen LogP contribution in [-0.4, -0.2) is 25.4 Å². The van der Waals surface area contributed by atoms with Crippen molar-refractivity contribution in [1.29, 1.82) is 0 Å². The number of ether oxygens (including phenoxy) is 1. The first-order chi connectivity index (χ1) is 10.2. The molecule has 120 valence electrons. The zero-order valence-electron chi connectivity index (χ0n) is 13.6. The van der Waals surface area contributed by atoms with Crippen LogP contribution in [-0.2, 0) is 9.31 Å². The minimum absolute atomic E-state index is 0.0115. The Balaban J connectivity index is 2.23. The van der Waals surface area contributed by atoms with Gasteiger partial charge in [0.15, 0.2) is 0 Å². The smallest absolute Gasteiger partial charge is 0.462 e. The molecule has 22 heavy (non-hydrogen) atoms. The summed E-state index contributed by atoms with van der Waals surface area (Å²) in [6.45, 7) is 7.59. The van der Waals surface area contributed by atoms with E-state index in [1.54, 1.807) is 24.3 Å². The summed E-state index contributed by atoms with van der Waals surface area (Å²) in [7, 11) is 0.801. The van der Waals surface area contributed by atoms with Crippen LogP contribution < -0.4 is 4.74 Å². The zero-order valence-corrected chi connectivity index (χ0v) is 13.6. The largest absolute Gasteiger partial charge is 0.497 e. The summed E-state index contributed by atoms with van der Waals surface area (Å²) in [5.41, 5.74) is -0.750. The van der Waals surface area contributed by atoms with E-state index in [1.807, 2.05) is 27.7 Å². The summed E-state index contributed by atoms with van der Waals surface area (Å²) in [6, 6.07) is 6.61. The zero-order chi connectivity index (χ0) is 16.5. The van der Waals surface area contributed by atoms with Crippen molar-refractivity contribution in [3.8, 4) is 5.75 Å². The van der Waals surface area contributed by atoms with Gasteiger partial charge in [0, 0.05) is 11.9 Å². The first-order valence-electron chi connectivity index (χ1n) is 7.20. The molecular formula is C16H21BF2O3. The average molecular weight is 310 g/mol. The SMILES string of the molecule is COc1cccc(C(CB2OC(C)(C)C(C)(C)O2)=C(F)F)c1. The van der Waals surface area contributed by atoms with Crippen LogP contribution in [0.4, 0.5) is 8.78 Å². The second-order valence-corrected chi connectivity index (χ2v) is 6.36. The highest BCUT2D eigenvalue weighted by Gasteiger charge is 2.51. The van der Waals surface area contributed by atoms with Crippen LogP contribution in [0.3, 0.4) is 0 Å². The van der Waals surface area contributed by atoms with E-state index in [4.69, 9.17) is 14.0 Å². The van der Waals surface area contributed by atoms with Crippen LogP contribution >= 0.6 is 0 Å². The van der Waals surface area contributed by atoms with E-state index in [9.17, 15) is 8.78 Å².